The Kier molecular flexibility index (Phi) is 5.99. The first-order chi connectivity index (χ1) is 19.6. The van der Waals surface area contributed by atoms with E-state index in [9.17, 15) is 9.18 Å². The average Bonchev–Trinajstić information content (AvgIpc) is 3.62. The van der Waals surface area contributed by atoms with Gasteiger partial charge in [-0.25, -0.2) is 14.4 Å². The van der Waals surface area contributed by atoms with Crippen molar-refractivity contribution in [2.24, 2.45) is 5.92 Å². The molecule has 6 aromatic rings. The molecule has 1 aromatic carbocycles. The summed E-state index contributed by atoms with van der Waals surface area (Å²) in [6.07, 6.45) is 10.2. The minimum absolute atomic E-state index is 0.0494. The van der Waals surface area contributed by atoms with Gasteiger partial charge >= 0.3 is 0 Å². The summed E-state index contributed by atoms with van der Waals surface area (Å²) in [4.78, 5) is 34.4. The molecule has 1 aliphatic carbocycles. The molecule has 1 saturated carbocycles. The van der Waals surface area contributed by atoms with Crippen molar-refractivity contribution in [3.05, 3.63) is 72.9 Å². The van der Waals surface area contributed by atoms with Crippen LogP contribution in [0.4, 0.5) is 10.1 Å². The number of hydrogen-bond donors (Lipinski definition) is 3. The van der Waals surface area contributed by atoms with Crippen LogP contribution in [0, 0.1) is 11.7 Å². The van der Waals surface area contributed by atoms with Gasteiger partial charge in [0.2, 0.25) is 5.91 Å². The Hall–Kier alpha value is -4.99. The zero-order chi connectivity index (χ0) is 27.1. The first-order valence-electron chi connectivity index (χ1n) is 13.4. The van der Waals surface area contributed by atoms with Crippen molar-refractivity contribution in [2.75, 3.05) is 5.32 Å². The molecule has 0 bridgehead atoms. The molecule has 1 amide bonds. The van der Waals surface area contributed by atoms with Crippen LogP contribution in [0.1, 0.15) is 32.1 Å². The second kappa shape index (κ2) is 9.96. The molecule has 0 saturated heterocycles. The van der Waals surface area contributed by atoms with Crippen molar-refractivity contribution in [3.63, 3.8) is 0 Å². The van der Waals surface area contributed by atoms with Crippen molar-refractivity contribution in [1.29, 1.82) is 0 Å². The first kappa shape index (κ1) is 24.1. The number of amides is 1. The van der Waals surface area contributed by atoms with Crippen LogP contribution in [-0.2, 0) is 4.79 Å². The summed E-state index contributed by atoms with van der Waals surface area (Å²) < 4.78 is 14.6. The number of aromatic nitrogens is 7. The van der Waals surface area contributed by atoms with Crippen LogP contribution in [0.3, 0.4) is 0 Å². The number of halogens is 1. The van der Waals surface area contributed by atoms with E-state index in [-0.39, 0.29) is 17.6 Å². The van der Waals surface area contributed by atoms with Gasteiger partial charge in [-0.1, -0.05) is 31.4 Å². The van der Waals surface area contributed by atoms with E-state index in [4.69, 9.17) is 9.97 Å². The van der Waals surface area contributed by atoms with E-state index in [1.165, 1.54) is 12.5 Å². The number of H-pyrrole nitrogens is 2. The SMILES string of the molecule is O=C(Nc1cncc(-c2ccc3[nH]nc(-c4nc5c(-c6ccccc6F)nccc5[nH]4)c3n2)c1)C1CCCCC1. The minimum Gasteiger partial charge on any atom is -0.336 e. The van der Waals surface area contributed by atoms with Crippen molar-refractivity contribution < 1.29 is 9.18 Å². The number of aromatic amines is 2. The number of pyridine rings is 3. The van der Waals surface area contributed by atoms with E-state index in [0.29, 0.717) is 50.7 Å². The van der Waals surface area contributed by atoms with E-state index in [2.05, 4.69) is 30.5 Å². The molecule has 9 nitrogen and oxygen atoms in total. The van der Waals surface area contributed by atoms with E-state index < -0.39 is 0 Å². The lowest BCUT2D eigenvalue weighted by atomic mass is 9.88. The molecule has 0 unspecified atom stereocenters. The lowest BCUT2D eigenvalue weighted by molar-refractivity contribution is -0.120. The van der Waals surface area contributed by atoms with E-state index >= 15 is 0 Å². The summed E-state index contributed by atoms with van der Waals surface area (Å²) >= 11 is 0. The lowest BCUT2D eigenvalue weighted by Crippen LogP contribution is -2.24. The molecule has 5 aromatic heterocycles. The summed E-state index contributed by atoms with van der Waals surface area (Å²) in [6, 6.07) is 14.0. The number of rotatable bonds is 5. The molecule has 7 rings (SSSR count). The number of benzene rings is 1. The van der Waals surface area contributed by atoms with Gasteiger partial charge in [0.05, 0.1) is 28.6 Å². The number of anilines is 1. The molecule has 198 valence electrons. The van der Waals surface area contributed by atoms with E-state index in [0.717, 1.165) is 36.8 Å². The van der Waals surface area contributed by atoms with Crippen molar-refractivity contribution in [3.8, 4) is 34.0 Å². The predicted molar refractivity (Wildman–Crippen MR) is 151 cm³/mol. The average molecular weight is 533 g/mol. The van der Waals surface area contributed by atoms with E-state index in [1.54, 1.807) is 42.9 Å². The molecule has 1 aliphatic rings. The third-order valence-corrected chi connectivity index (χ3v) is 7.44. The number of carbonyl (C=O) groups excluding carboxylic acids is 1. The molecule has 0 spiro atoms. The molecule has 10 heteroatoms. The number of nitrogens with zero attached hydrogens (tertiary/aromatic N) is 5. The Bertz CT molecular complexity index is 1870. The molecular formula is C30H25FN8O. The summed E-state index contributed by atoms with van der Waals surface area (Å²) in [6.45, 7) is 0. The molecule has 0 radical (unpaired) electrons. The van der Waals surface area contributed by atoms with Gasteiger partial charge in [0, 0.05) is 29.4 Å². The van der Waals surface area contributed by atoms with Gasteiger partial charge in [0.25, 0.3) is 0 Å². The Morgan fingerprint density at radius 3 is 2.65 bits per heavy atom. The Labute approximate surface area is 228 Å². The maximum Gasteiger partial charge on any atom is 0.227 e. The number of hydrogen-bond acceptors (Lipinski definition) is 6. The van der Waals surface area contributed by atoms with Gasteiger partial charge in [-0.2, -0.15) is 5.10 Å². The second-order valence-corrected chi connectivity index (χ2v) is 10.1. The molecular weight excluding hydrogens is 507 g/mol. The predicted octanol–water partition coefficient (Wildman–Crippen LogP) is 6.28. The number of carbonyl (C=O) groups is 1. The zero-order valence-corrected chi connectivity index (χ0v) is 21.5. The Balaban J connectivity index is 1.23. The van der Waals surface area contributed by atoms with Crippen LogP contribution in [0.5, 0.6) is 0 Å². The second-order valence-electron chi connectivity index (χ2n) is 10.1. The summed E-state index contributed by atoms with van der Waals surface area (Å²) in [7, 11) is 0. The third-order valence-electron chi connectivity index (χ3n) is 7.44. The highest BCUT2D eigenvalue weighted by molar-refractivity contribution is 5.96. The molecule has 1 fully saturated rings. The van der Waals surface area contributed by atoms with Gasteiger partial charge in [-0.05, 0) is 49.2 Å². The normalized spacial score (nSPS) is 14.1. The van der Waals surface area contributed by atoms with Crippen molar-refractivity contribution in [1.82, 2.24) is 35.1 Å². The fourth-order valence-electron chi connectivity index (χ4n) is 5.38. The zero-order valence-electron chi connectivity index (χ0n) is 21.5. The van der Waals surface area contributed by atoms with Gasteiger partial charge in [0.1, 0.15) is 22.5 Å². The van der Waals surface area contributed by atoms with Gasteiger partial charge in [0.15, 0.2) is 11.5 Å². The molecule has 5 heterocycles. The maximum atomic E-state index is 14.6. The molecule has 0 atom stereocenters. The lowest BCUT2D eigenvalue weighted by Gasteiger charge is -2.20. The standard InChI is InChI=1S/C30H25FN8O/c31-21-9-5-4-8-20(21)25-26-23(12-13-33-25)36-29(37-26)28-27-24(38-39-28)11-10-22(35-27)18-14-19(16-32-15-18)34-30(40)17-6-2-1-3-7-17/h4-5,8-17H,1-3,6-7H2,(H,34,40)(H,36,37)(H,38,39). The van der Waals surface area contributed by atoms with Crippen LogP contribution in [0.25, 0.3) is 56.1 Å². The largest absolute Gasteiger partial charge is 0.336 e. The van der Waals surface area contributed by atoms with Crippen LogP contribution in [0.15, 0.2) is 67.1 Å². The van der Waals surface area contributed by atoms with Gasteiger partial charge in [-0.15, -0.1) is 0 Å². The quantitative estimate of drug-likeness (QED) is 0.240. The molecule has 3 N–H and O–H groups in total. The van der Waals surface area contributed by atoms with Crippen LogP contribution < -0.4 is 5.32 Å². The maximum absolute atomic E-state index is 14.6. The third kappa shape index (κ3) is 4.37. The minimum atomic E-state index is -0.366. The smallest absolute Gasteiger partial charge is 0.227 e. The van der Waals surface area contributed by atoms with Crippen molar-refractivity contribution in [2.45, 2.75) is 32.1 Å². The van der Waals surface area contributed by atoms with Crippen LogP contribution >= 0.6 is 0 Å². The highest BCUT2D eigenvalue weighted by Gasteiger charge is 2.22. The Morgan fingerprint density at radius 2 is 1.77 bits per heavy atom. The fraction of sp³-hybridized carbons (Fsp3) is 0.200. The number of nitrogens with one attached hydrogen (secondary N) is 3. The highest BCUT2D eigenvalue weighted by Crippen LogP contribution is 2.32. The molecule has 0 aliphatic heterocycles. The topological polar surface area (TPSA) is 125 Å². The highest BCUT2D eigenvalue weighted by atomic mass is 19.1. The monoisotopic (exact) mass is 532 g/mol. The van der Waals surface area contributed by atoms with Crippen molar-refractivity contribution >= 4 is 33.7 Å². The Morgan fingerprint density at radius 1 is 0.925 bits per heavy atom. The fourth-order valence-corrected chi connectivity index (χ4v) is 5.38. The summed E-state index contributed by atoms with van der Waals surface area (Å²) in [5.41, 5.74) is 6.06. The van der Waals surface area contributed by atoms with Gasteiger partial charge < -0.3 is 10.3 Å². The summed E-state index contributed by atoms with van der Waals surface area (Å²) in [5, 5.41) is 10.5. The number of imidazole rings is 1. The van der Waals surface area contributed by atoms with E-state index in [1.807, 2.05) is 18.2 Å². The van der Waals surface area contributed by atoms with Crippen LogP contribution in [-0.4, -0.2) is 41.0 Å². The number of fused-ring (bicyclic) bond motifs is 2. The summed E-state index contributed by atoms with van der Waals surface area (Å²) in [5.74, 6) is 0.226. The van der Waals surface area contributed by atoms with Crippen LogP contribution in [0.2, 0.25) is 0 Å². The first-order valence-corrected chi connectivity index (χ1v) is 13.4. The molecule has 40 heavy (non-hydrogen) atoms. The van der Waals surface area contributed by atoms with Gasteiger partial charge in [-0.3, -0.25) is 19.9 Å².